The average Bonchev–Trinajstić information content (AvgIpc) is 2.70. The van der Waals surface area contributed by atoms with E-state index in [0.717, 1.165) is 10.4 Å². The fourth-order valence-electron chi connectivity index (χ4n) is 1.50. The molecule has 0 aliphatic heterocycles. The number of pyridine rings is 1. The van der Waals surface area contributed by atoms with Gasteiger partial charge in [0.25, 0.3) is 5.91 Å². The number of aromatic nitrogens is 1. The molecule has 0 saturated carbocycles. The van der Waals surface area contributed by atoms with Crippen molar-refractivity contribution in [1.29, 1.82) is 0 Å². The number of thiophene rings is 1. The van der Waals surface area contributed by atoms with Gasteiger partial charge in [0.1, 0.15) is 5.69 Å². The van der Waals surface area contributed by atoms with Crippen molar-refractivity contribution in [2.75, 3.05) is 5.32 Å². The molecule has 0 aromatic carbocycles. The molecule has 0 radical (unpaired) electrons. The summed E-state index contributed by atoms with van der Waals surface area (Å²) in [6, 6.07) is 4.69. The summed E-state index contributed by atoms with van der Waals surface area (Å²) < 4.78 is 0. The van der Waals surface area contributed by atoms with Crippen LogP contribution in [0.15, 0.2) is 24.4 Å². The maximum atomic E-state index is 12.0. The molecule has 6 heteroatoms. The van der Waals surface area contributed by atoms with E-state index in [0.29, 0.717) is 10.6 Å². The number of rotatable bonds is 3. The summed E-state index contributed by atoms with van der Waals surface area (Å²) in [7, 11) is 0. The van der Waals surface area contributed by atoms with E-state index in [-0.39, 0.29) is 11.6 Å². The maximum Gasteiger partial charge on any atom is 0.354 e. The highest BCUT2D eigenvalue weighted by atomic mass is 32.1. The van der Waals surface area contributed by atoms with E-state index in [1.54, 1.807) is 6.07 Å². The average molecular weight is 276 g/mol. The molecular formula is C13H12N2O3S. The van der Waals surface area contributed by atoms with Gasteiger partial charge in [-0.25, -0.2) is 9.78 Å². The number of hydrogen-bond donors (Lipinski definition) is 2. The number of nitrogens with zero attached hydrogens (tertiary/aromatic N) is 1. The molecule has 0 aliphatic rings. The molecule has 1 amide bonds. The zero-order valence-corrected chi connectivity index (χ0v) is 11.2. The van der Waals surface area contributed by atoms with Gasteiger partial charge in [-0.3, -0.25) is 4.79 Å². The summed E-state index contributed by atoms with van der Waals surface area (Å²) in [6.45, 7) is 3.89. The van der Waals surface area contributed by atoms with E-state index in [2.05, 4.69) is 10.3 Å². The maximum absolute atomic E-state index is 12.0. The lowest BCUT2D eigenvalue weighted by Crippen LogP contribution is -2.11. The summed E-state index contributed by atoms with van der Waals surface area (Å²) in [6.07, 6.45) is 1.35. The molecule has 2 N–H and O–H groups in total. The Hall–Kier alpha value is -2.21. The van der Waals surface area contributed by atoms with Crippen LogP contribution >= 0.6 is 11.3 Å². The van der Waals surface area contributed by atoms with E-state index in [4.69, 9.17) is 5.11 Å². The fraction of sp³-hybridized carbons (Fsp3) is 0.154. The number of carbonyl (C=O) groups excluding carboxylic acids is 1. The van der Waals surface area contributed by atoms with Gasteiger partial charge in [0, 0.05) is 16.8 Å². The Morgan fingerprint density at radius 3 is 2.63 bits per heavy atom. The van der Waals surface area contributed by atoms with Crippen LogP contribution in [0.5, 0.6) is 0 Å². The lowest BCUT2D eigenvalue weighted by atomic mass is 10.2. The van der Waals surface area contributed by atoms with Gasteiger partial charge < -0.3 is 10.4 Å². The third-order valence-electron chi connectivity index (χ3n) is 2.63. The van der Waals surface area contributed by atoms with Crippen molar-refractivity contribution in [2.45, 2.75) is 13.8 Å². The molecular weight excluding hydrogens is 264 g/mol. The number of carboxylic acids is 1. The molecule has 0 aliphatic carbocycles. The fourth-order valence-corrected chi connectivity index (χ4v) is 2.43. The van der Waals surface area contributed by atoms with Crippen LogP contribution in [0.1, 0.15) is 30.6 Å². The highest BCUT2D eigenvalue weighted by molar-refractivity contribution is 7.14. The molecule has 0 saturated heterocycles. The van der Waals surface area contributed by atoms with Gasteiger partial charge in [0.05, 0.1) is 4.88 Å². The summed E-state index contributed by atoms with van der Waals surface area (Å²) in [4.78, 5) is 28.2. The molecule has 0 atom stereocenters. The quantitative estimate of drug-likeness (QED) is 0.903. The van der Waals surface area contributed by atoms with Crippen LogP contribution in [0.4, 0.5) is 5.69 Å². The highest BCUT2D eigenvalue weighted by Crippen LogP contribution is 2.21. The van der Waals surface area contributed by atoms with Crippen LogP contribution in [0.3, 0.4) is 0 Å². The predicted molar refractivity (Wildman–Crippen MR) is 72.9 cm³/mol. The van der Waals surface area contributed by atoms with E-state index in [1.807, 2.05) is 19.9 Å². The zero-order chi connectivity index (χ0) is 14.0. The highest BCUT2D eigenvalue weighted by Gasteiger charge is 2.12. The molecule has 2 heterocycles. The Labute approximate surface area is 113 Å². The molecule has 2 aromatic heterocycles. The Balaban J connectivity index is 2.19. The number of carbonyl (C=O) groups is 2. The van der Waals surface area contributed by atoms with Crippen LogP contribution < -0.4 is 5.32 Å². The van der Waals surface area contributed by atoms with E-state index >= 15 is 0 Å². The van der Waals surface area contributed by atoms with Crippen molar-refractivity contribution in [2.24, 2.45) is 0 Å². The minimum absolute atomic E-state index is 0.101. The molecule has 19 heavy (non-hydrogen) atoms. The molecule has 0 fully saturated rings. The molecule has 98 valence electrons. The second-order valence-electron chi connectivity index (χ2n) is 4.04. The Morgan fingerprint density at radius 1 is 1.32 bits per heavy atom. The topological polar surface area (TPSA) is 79.3 Å². The third kappa shape index (κ3) is 2.97. The SMILES string of the molecule is Cc1cc(C(=O)Nc2ccnc(C(=O)O)c2)sc1C. The normalized spacial score (nSPS) is 10.2. The van der Waals surface area contributed by atoms with Crippen molar-refractivity contribution in [3.05, 3.63) is 45.4 Å². The van der Waals surface area contributed by atoms with Gasteiger partial charge in [-0.1, -0.05) is 0 Å². The molecule has 0 spiro atoms. The van der Waals surface area contributed by atoms with Crippen LogP contribution in [-0.2, 0) is 0 Å². The summed E-state index contributed by atoms with van der Waals surface area (Å²) in [5.74, 6) is -1.37. The lowest BCUT2D eigenvalue weighted by Gasteiger charge is -2.03. The number of anilines is 1. The van der Waals surface area contributed by atoms with Gasteiger partial charge in [0.2, 0.25) is 0 Å². The molecule has 2 aromatic rings. The van der Waals surface area contributed by atoms with E-state index in [1.165, 1.54) is 23.6 Å². The standard InChI is InChI=1S/C13H12N2O3S/c1-7-5-11(19-8(7)2)12(16)15-9-3-4-14-10(6-9)13(17)18/h3-6H,1-2H3,(H,17,18)(H,14,15,16). The number of aromatic carboxylic acids is 1. The zero-order valence-electron chi connectivity index (χ0n) is 10.4. The second kappa shape index (κ2) is 5.19. The monoisotopic (exact) mass is 276 g/mol. The van der Waals surface area contributed by atoms with E-state index < -0.39 is 5.97 Å². The van der Waals surface area contributed by atoms with Gasteiger partial charge in [0.15, 0.2) is 0 Å². The molecule has 0 unspecified atom stereocenters. The minimum Gasteiger partial charge on any atom is -0.477 e. The van der Waals surface area contributed by atoms with Crippen molar-refractivity contribution in [3.8, 4) is 0 Å². The summed E-state index contributed by atoms with van der Waals surface area (Å²) >= 11 is 1.41. The Morgan fingerprint density at radius 2 is 2.05 bits per heavy atom. The smallest absolute Gasteiger partial charge is 0.354 e. The first-order valence-electron chi connectivity index (χ1n) is 5.55. The van der Waals surface area contributed by atoms with Crippen molar-refractivity contribution in [3.63, 3.8) is 0 Å². The lowest BCUT2D eigenvalue weighted by molar-refractivity contribution is 0.0690. The van der Waals surface area contributed by atoms with Crippen molar-refractivity contribution in [1.82, 2.24) is 4.98 Å². The van der Waals surface area contributed by atoms with Crippen LogP contribution in [0.25, 0.3) is 0 Å². The first kappa shape index (κ1) is 13.2. The first-order valence-corrected chi connectivity index (χ1v) is 6.37. The molecule has 5 nitrogen and oxygen atoms in total. The predicted octanol–water partition coefficient (Wildman–Crippen LogP) is 2.71. The summed E-state index contributed by atoms with van der Waals surface area (Å²) in [5, 5.41) is 11.5. The van der Waals surface area contributed by atoms with Gasteiger partial charge in [-0.15, -0.1) is 11.3 Å². The minimum atomic E-state index is -1.13. The van der Waals surface area contributed by atoms with Crippen molar-refractivity contribution < 1.29 is 14.7 Å². The number of aryl methyl sites for hydroxylation is 2. The van der Waals surface area contributed by atoms with Gasteiger partial charge >= 0.3 is 5.97 Å². The van der Waals surface area contributed by atoms with Crippen LogP contribution in [-0.4, -0.2) is 22.0 Å². The number of nitrogens with one attached hydrogen (secondary N) is 1. The third-order valence-corrected chi connectivity index (χ3v) is 3.78. The second-order valence-corrected chi connectivity index (χ2v) is 5.30. The largest absolute Gasteiger partial charge is 0.477 e. The molecule has 0 bridgehead atoms. The Kier molecular flexibility index (Phi) is 3.62. The first-order chi connectivity index (χ1) is 8.97. The van der Waals surface area contributed by atoms with Gasteiger partial charge in [-0.05, 0) is 37.6 Å². The number of carboxylic acid groups (broad SMARTS) is 1. The van der Waals surface area contributed by atoms with Crippen LogP contribution in [0, 0.1) is 13.8 Å². The van der Waals surface area contributed by atoms with Gasteiger partial charge in [-0.2, -0.15) is 0 Å². The number of amides is 1. The van der Waals surface area contributed by atoms with Crippen LogP contribution in [0.2, 0.25) is 0 Å². The Bertz CT molecular complexity index is 630. The summed E-state index contributed by atoms with van der Waals surface area (Å²) in [5.41, 5.74) is 1.38. The van der Waals surface area contributed by atoms with E-state index in [9.17, 15) is 9.59 Å². The van der Waals surface area contributed by atoms with Crippen molar-refractivity contribution >= 4 is 28.9 Å². The molecule has 2 rings (SSSR count). The number of hydrogen-bond acceptors (Lipinski definition) is 4.